The van der Waals surface area contributed by atoms with Crippen LogP contribution in [0.2, 0.25) is 0 Å². The maximum absolute atomic E-state index is 13.4. The highest BCUT2D eigenvalue weighted by molar-refractivity contribution is 7.17. The van der Waals surface area contributed by atoms with Crippen LogP contribution in [0.15, 0.2) is 53.6 Å². The summed E-state index contributed by atoms with van der Waals surface area (Å²) in [6.45, 7) is 1.74. The molecule has 26 heavy (non-hydrogen) atoms. The molecule has 0 spiro atoms. The summed E-state index contributed by atoms with van der Waals surface area (Å²) in [5.74, 6) is 0.0502. The summed E-state index contributed by atoms with van der Waals surface area (Å²) in [7, 11) is 1.60. The Kier molecular flexibility index (Phi) is 5.38. The molecular formula is C19H16FN3O2S. The molecule has 3 aromatic rings. The van der Waals surface area contributed by atoms with Crippen molar-refractivity contribution in [1.82, 2.24) is 10.4 Å². The van der Waals surface area contributed by atoms with Crippen LogP contribution in [0.25, 0.3) is 10.6 Å². The minimum Gasteiger partial charge on any atom is -0.497 e. The van der Waals surface area contributed by atoms with E-state index >= 15 is 0 Å². The summed E-state index contributed by atoms with van der Waals surface area (Å²) in [6, 6.07) is 13.4. The monoisotopic (exact) mass is 369 g/mol. The van der Waals surface area contributed by atoms with E-state index in [1.807, 2.05) is 24.3 Å². The highest BCUT2D eigenvalue weighted by atomic mass is 32.1. The third-order valence-electron chi connectivity index (χ3n) is 3.57. The Balaban J connectivity index is 1.70. The summed E-state index contributed by atoms with van der Waals surface area (Å²) in [5.41, 5.74) is 4.53. The number of nitrogens with zero attached hydrogens (tertiary/aromatic N) is 2. The quantitative estimate of drug-likeness (QED) is 0.545. The molecule has 132 valence electrons. The second-order valence-corrected chi connectivity index (χ2v) is 6.42. The number of hydrogen-bond donors (Lipinski definition) is 1. The standard InChI is InChI=1S/C19H16FN3O2S/c1-12-17(26-19(22-12)14-4-3-5-15(20)10-14)18(24)23-21-11-13-6-8-16(25-2)9-7-13/h3-11H,1-2H3,(H,23,24). The SMILES string of the molecule is COc1ccc(C=NNC(=O)c2sc(-c3cccc(F)c3)nc2C)cc1. The van der Waals surface area contributed by atoms with Crippen molar-refractivity contribution < 1.29 is 13.9 Å². The molecule has 1 amide bonds. The lowest BCUT2D eigenvalue weighted by atomic mass is 10.2. The zero-order chi connectivity index (χ0) is 18.5. The molecule has 1 N–H and O–H groups in total. The number of benzene rings is 2. The van der Waals surface area contributed by atoms with E-state index in [9.17, 15) is 9.18 Å². The van der Waals surface area contributed by atoms with Crippen molar-refractivity contribution in [2.45, 2.75) is 6.92 Å². The zero-order valence-electron chi connectivity index (χ0n) is 14.2. The van der Waals surface area contributed by atoms with Gasteiger partial charge in [-0.2, -0.15) is 5.10 Å². The van der Waals surface area contributed by atoms with Crippen LogP contribution in [-0.4, -0.2) is 24.2 Å². The van der Waals surface area contributed by atoms with Crippen molar-refractivity contribution in [3.8, 4) is 16.3 Å². The number of methoxy groups -OCH3 is 1. The van der Waals surface area contributed by atoms with Gasteiger partial charge in [-0.25, -0.2) is 14.8 Å². The number of amides is 1. The molecule has 0 fully saturated rings. The van der Waals surface area contributed by atoms with Crippen molar-refractivity contribution in [2.75, 3.05) is 7.11 Å². The topological polar surface area (TPSA) is 63.6 Å². The number of halogens is 1. The van der Waals surface area contributed by atoms with Crippen molar-refractivity contribution in [2.24, 2.45) is 5.10 Å². The number of aryl methyl sites for hydroxylation is 1. The molecule has 0 unspecified atom stereocenters. The number of hydrogen-bond acceptors (Lipinski definition) is 5. The Morgan fingerprint density at radius 1 is 1.27 bits per heavy atom. The number of ether oxygens (including phenoxy) is 1. The van der Waals surface area contributed by atoms with Gasteiger partial charge in [-0.05, 0) is 48.9 Å². The molecule has 0 bridgehead atoms. The van der Waals surface area contributed by atoms with Crippen LogP contribution in [0.1, 0.15) is 20.9 Å². The molecule has 0 saturated carbocycles. The van der Waals surface area contributed by atoms with E-state index in [2.05, 4.69) is 15.5 Å². The van der Waals surface area contributed by atoms with E-state index in [0.29, 0.717) is 21.1 Å². The van der Waals surface area contributed by atoms with E-state index in [-0.39, 0.29) is 11.7 Å². The Labute approximate surface area is 154 Å². The van der Waals surface area contributed by atoms with E-state index < -0.39 is 0 Å². The number of carbonyl (C=O) groups excluding carboxylic acids is 1. The normalized spacial score (nSPS) is 10.9. The highest BCUT2D eigenvalue weighted by Gasteiger charge is 2.16. The molecule has 1 heterocycles. The fourth-order valence-corrected chi connectivity index (χ4v) is 3.21. The lowest BCUT2D eigenvalue weighted by Gasteiger charge is -1.99. The first-order valence-corrected chi connectivity index (χ1v) is 8.59. The second kappa shape index (κ2) is 7.88. The maximum atomic E-state index is 13.4. The number of nitrogens with one attached hydrogen (secondary N) is 1. The van der Waals surface area contributed by atoms with Crippen LogP contribution < -0.4 is 10.2 Å². The predicted molar refractivity (Wildman–Crippen MR) is 100 cm³/mol. The van der Waals surface area contributed by atoms with Crippen molar-refractivity contribution in [3.63, 3.8) is 0 Å². The number of aromatic nitrogens is 1. The van der Waals surface area contributed by atoms with E-state index in [0.717, 1.165) is 11.3 Å². The molecule has 2 aromatic carbocycles. The molecule has 0 atom stereocenters. The van der Waals surface area contributed by atoms with Crippen LogP contribution in [0.4, 0.5) is 4.39 Å². The molecule has 5 nitrogen and oxygen atoms in total. The Hall–Kier alpha value is -3.06. The number of rotatable bonds is 5. The first-order chi connectivity index (χ1) is 12.6. The van der Waals surface area contributed by atoms with E-state index in [1.165, 1.54) is 23.5 Å². The van der Waals surface area contributed by atoms with Gasteiger partial charge in [0.05, 0.1) is 19.0 Å². The van der Waals surface area contributed by atoms with Crippen molar-refractivity contribution in [1.29, 1.82) is 0 Å². The molecule has 0 aliphatic rings. The van der Waals surface area contributed by atoms with Crippen molar-refractivity contribution >= 4 is 23.5 Å². The fraction of sp³-hybridized carbons (Fsp3) is 0.105. The molecule has 0 saturated heterocycles. The average Bonchev–Trinajstić information content (AvgIpc) is 3.04. The van der Waals surface area contributed by atoms with Gasteiger partial charge in [-0.15, -0.1) is 11.3 Å². The average molecular weight is 369 g/mol. The first kappa shape index (κ1) is 17.8. The predicted octanol–water partition coefficient (Wildman–Crippen LogP) is 4.03. The van der Waals surface area contributed by atoms with Crippen LogP contribution in [0.5, 0.6) is 5.75 Å². The van der Waals surface area contributed by atoms with Gasteiger partial charge >= 0.3 is 0 Å². The van der Waals surface area contributed by atoms with Gasteiger partial charge in [0.25, 0.3) is 5.91 Å². The summed E-state index contributed by atoms with van der Waals surface area (Å²) in [6.07, 6.45) is 1.54. The third kappa shape index (κ3) is 4.12. The van der Waals surface area contributed by atoms with Gasteiger partial charge in [-0.1, -0.05) is 12.1 Å². The van der Waals surface area contributed by atoms with Gasteiger partial charge in [-0.3, -0.25) is 4.79 Å². The van der Waals surface area contributed by atoms with E-state index in [4.69, 9.17) is 4.74 Å². The van der Waals surface area contributed by atoms with Gasteiger partial charge < -0.3 is 4.74 Å². The summed E-state index contributed by atoms with van der Waals surface area (Å²) in [4.78, 5) is 17.1. The smallest absolute Gasteiger partial charge is 0.283 e. The maximum Gasteiger partial charge on any atom is 0.283 e. The summed E-state index contributed by atoms with van der Waals surface area (Å²) >= 11 is 1.20. The molecule has 0 aliphatic carbocycles. The minimum absolute atomic E-state index is 0.342. The Bertz CT molecular complexity index is 952. The number of carbonyl (C=O) groups is 1. The van der Waals surface area contributed by atoms with Gasteiger partial charge in [0.2, 0.25) is 0 Å². The van der Waals surface area contributed by atoms with Crippen LogP contribution >= 0.6 is 11.3 Å². The van der Waals surface area contributed by atoms with Crippen LogP contribution in [0, 0.1) is 12.7 Å². The van der Waals surface area contributed by atoms with Crippen LogP contribution in [0.3, 0.4) is 0 Å². The Morgan fingerprint density at radius 2 is 2.04 bits per heavy atom. The molecule has 0 radical (unpaired) electrons. The lowest BCUT2D eigenvalue weighted by Crippen LogP contribution is -2.17. The van der Waals surface area contributed by atoms with Crippen molar-refractivity contribution in [3.05, 3.63) is 70.5 Å². The Morgan fingerprint density at radius 3 is 2.73 bits per heavy atom. The van der Waals surface area contributed by atoms with Crippen LogP contribution in [-0.2, 0) is 0 Å². The number of hydrazone groups is 1. The fourth-order valence-electron chi connectivity index (χ4n) is 2.26. The van der Waals surface area contributed by atoms with Gasteiger partial charge in [0.15, 0.2) is 0 Å². The van der Waals surface area contributed by atoms with Gasteiger partial charge in [0.1, 0.15) is 21.5 Å². The molecular weight excluding hydrogens is 353 g/mol. The summed E-state index contributed by atoms with van der Waals surface area (Å²) < 4.78 is 18.5. The first-order valence-electron chi connectivity index (χ1n) is 7.77. The molecule has 7 heteroatoms. The number of thiazole rings is 1. The summed E-state index contributed by atoms with van der Waals surface area (Å²) in [5, 5.41) is 4.55. The largest absolute Gasteiger partial charge is 0.497 e. The molecule has 1 aromatic heterocycles. The lowest BCUT2D eigenvalue weighted by molar-refractivity contribution is 0.0958. The van der Waals surface area contributed by atoms with E-state index in [1.54, 1.807) is 32.4 Å². The molecule has 3 rings (SSSR count). The zero-order valence-corrected chi connectivity index (χ0v) is 15.0. The highest BCUT2D eigenvalue weighted by Crippen LogP contribution is 2.28. The molecule has 0 aliphatic heterocycles. The third-order valence-corrected chi connectivity index (χ3v) is 4.78. The van der Waals surface area contributed by atoms with Gasteiger partial charge in [0, 0.05) is 5.56 Å². The minimum atomic E-state index is -0.354. The second-order valence-electron chi connectivity index (χ2n) is 5.42.